The minimum absolute atomic E-state index is 0.433. The van der Waals surface area contributed by atoms with Gasteiger partial charge in [-0.15, -0.1) is 18.2 Å². The van der Waals surface area contributed by atoms with Crippen molar-refractivity contribution in [2.24, 2.45) is 0 Å². The van der Waals surface area contributed by atoms with Crippen LogP contribution in [0.25, 0.3) is 0 Å². The Kier molecular flexibility index (Phi) is 5.16. The lowest BCUT2D eigenvalue weighted by Gasteiger charge is -2.07. The normalized spacial score (nSPS) is 9.60. The molecular weight excluding hydrogens is 230 g/mol. The summed E-state index contributed by atoms with van der Waals surface area (Å²) in [6, 6.07) is 3.39. The highest BCUT2D eigenvalue weighted by Crippen LogP contribution is 2.18. The van der Waals surface area contributed by atoms with Crippen LogP contribution in [0.1, 0.15) is 0 Å². The predicted molar refractivity (Wildman–Crippen MR) is 68.3 cm³/mol. The molecule has 1 rings (SSSR count). The number of hydrogen-bond donors (Lipinski definition) is 2. The van der Waals surface area contributed by atoms with Gasteiger partial charge in [-0.25, -0.2) is 4.98 Å². The lowest BCUT2D eigenvalue weighted by molar-refractivity contribution is 1.17. The lowest BCUT2D eigenvalue weighted by atomic mass is 10.4. The molecule has 0 radical (unpaired) electrons. The monoisotopic (exact) mass is 241 g/mol. The Bertz CT molecular complexity index is 362. The van der Waals surface area contributed by atoms with Crippen LogP contribution in [0.2, 0.25) is 5.15 Å². The van der Waals surface area contributed by atoms with Gasteiger partial charge in [-0.3, -0.25) is 0 Å². The van der Waals surface area contributed by atoms with E-state index in [1.54, 1.807) is 23.9 Å². The van der Waals surface area contributed by atoms with E-state index in [2.05, 4.69) is 16.2 Å². The number of pyridine rings is 1. The largest absolute Gasteiger partial charge is 0.396 e. The third-order valence-electron chi connectivity index (χ3n) is 1.62. The summed E-state index contributed by atoms with van der Waals surface area (Å²) in [4.78, 5) is 4.07. The van der Waals surface area contributed by atoms with Crippen LogP contribution in [0.3, 0.4) is 0 Å². The molecule has 0 atom stereocenters. The van der Waals surface area contributed by atoms with E-state index in [0.29, 0.717) is 16.7 Å². The quantitative estimate of drug-likeness (QED) is 0.471. The van der Waals surface area contributed by atoms with E-state index in [9.17, 15) is 0 Å². The summed E-state index contributed by atoms with van der Waals surface area (Å²) >= 11 is 7.42. The molecule has 0 bridgehead atoms. The van der Waals surface area contributed by atoms with Crippen molar-refractivity contribution in [3.05, 3.63) is 17.3 Å². The van der Waals surface area contributed by atoms with Crippen molar-refractivity contribution < 1.29 is 0 Å². The number of nitrogens with one attached hydrogen (secondary N) is 1. The first-order chi connectivity index (χ1) is 7.24. The molecule has 0 unspecified atom stereocenters. The summed E-state index contributed by atoms with van der Waals surface area (Å²) in [7, 11) is 0. The second-order valence-corrected chi connectivity index (χ2v) is 4.25. The zero-order chi connectivity index (χ0) is 11.1. The van der Waals surface area contributed by atoms with Crippen molar-refractivity contribution in [1.29, 1.82) is 0 Å². The van der Waals surface area contributed by atoms with Gasteiger partial charge in [-0.1, -0.05) is 17.5 Å². The molecule has 0 amide bonds. The summed E-state index contributed by atoms with van der Waals surface area (Å²) in [6.07, 6.45) is 5.12. The number of nitrogen functional groups attached to an aromatic ring is 1. The van der Waals surface area contributed by atoms with Crippen molar-refractivity contribution >= 4 is 34.9 Å². The SMILES string of the molecule is C#CCSCCNc1nc(Cl)ccc1N. The molecule has 0 aliphatic carbocycles. The molecule has 3 nitrogen and oxygen atoms in total. The summed E-state index contributed by atoms with van der Waals surface area (Å²) in [5, 5.41) is 3.54. The number of hydrogen-bond acceptors (Lipinski definition) is 4. The van der Waals surface area contributed by atoms with E-state index in [4.69, 9.17) is 23.8 Å². The van der Waals surface area contributed by atoms with Crippen molar-refractivity contribution in [2.75, 3.05) is 29.1 Å². The lowest BCUT2D eigenvalue weighted by Crippen LogP contribution is -2.08. The van der Waals surface area contributed by atoms with Crippen LogP contribution in [0, 0.1) is 12.3 Å². The molecule has 5 heteroatoms. The fourth-order valence-electron chi connectivity index (χ4n) is 0.960. The zero-order valence-corrected chi connectivity index (χ0v) is 9.74. The second-order valence-electron chi connectivity index (χ2n) is 2.76. The van der Waals surface area contributed by atoms with Crippen LogP contribution in [0.15, 0.2) is 12.1 Å². The fourth-order valence-corrected chi connectivity index (χ4v) is 1.62. The van der Waals surface area contributed by atoms with Gasteiger partial charge < -0.3 is 11.1 Å². The number of aromatic nitrogens is 1. The molecule has 80 valence electrons. The van der Waals surface area contributed by atoms with Crippen molar-refractivity contribution in [3.8, 4) is 12.3 Å². The van der Waals surface area contributed by atoms with Gasteiger partial charge in [0.1, 0.15) is 5.15 Å². The third kappa shape index (κ3) is 4.32. The summed E-state index contributed by atoms with van der Waals surface area (Å²) < 4.78 is 0. The first kappa shape index (κ1) is 12.0. The highest BCUT2D eigenvalue weighted by atomic mass is 35.5. The molecular formula is C10H12ClN3S. The van der Waals surface area contributed by atoms with Crippen LogP contribution >= 0.6 is 23.4 Å². The first-order valence-corrected chi connectivity index (χ1v) is 5.94. The molecule has 15 heavy (non-hydrogen) atoms. The average Bonchev–Trinajstić information content (AvgIpc) is 2.23. The van der Waals surface area contributed by atoms with Crippen LogP contribution in [-0.2, 0) is 0 Å². The van der Waals surface area contributed by atoms with Crippen LogP contribution < -0.4 is 11.1 Å². The molecule has 0 spiro atoms. The topological polar surface area (TPSA) is 50.9 Å². The summed E-state index contributed by atoms with van der Waals surface area (Å²) in [5.74, 6) is 4.83. The minimum atomic E-state index is 0.433. The van der Waals surface area contributed by atoms with E-state index in [-0.39, 0.29) is 0 Å². The van der Waals surface area contributed by atoms with Crippen LogP contribution in [0.5, 0.6) is 0 Å². The number of anilines is 2. The molecule has 0 saturated carbocycles. The second kappa shape index (κ2) is 6.44. The Hall–Kier alpha value is -1.05. The third-order valence-corrected chi connectivity index (χ3v) is 2.69. The molecule has 0 aliphatic rings. The maximum atomic E-state index is 5.74. The summed E-state index contributed by atoms with van der Waals surface area (Å²) in [5.41, 5.74) is 6.31. The molecule has 1 aromatic heterocycles. The van der Waals surface area contributed by atoms with Gasteiger partial charge in [0.05, 0.1) is 11.4 Å². The van der Waals surface area contributed by atoms with Gasteiger partial charge in [0.15, 0.2) is 5.82 Å². The molecule has 1 heterocycles. The van der Waals surface area contributed by atoms with Gasteiger partial charge in [-0.2, -0.15) is 0 Å². The van der Waals surface area contributed by atoms with Gasteiger partial charge >= 0.3 is 0 Å². The first-order valence-electron chi connectivity index (χ1n) is 4.41. The van der Waals surface area contributed by atoms with Crippen molar-refractivity contribution in [2.45, 2.75) is 0 Å². The van der Waals surface area contributed by atoms with E-state index >= 15 is 0 Å². The number of terminal acetylenes is 1. The maximum absolute atomic E-state index is 5.74. The van der Waals surface area contributed by atoms with Gasteiger partial charge in [-0.05, 0) is 12.1 Å². The molecule has 0 fully saturated rings. The molecule has 1 aromatic rings. The molecule has 0 aliphatic heterocycles. The maximum Gasteiger partial charge on any atom is 0.151 e. The van der Waals surface area contributed by atoms with E-state index in [1.807, 2.05) is 0 Å². The Balaban J connectivity index is 2.37. The number of thioether (sulfide) groups is 1. The number of rotatable bonds is 5. The van der Waals surface area contributed by atoms with Gasteiger partial charge in [0, 0.05) is 12.3 Å². The smallest absolute Gasteiger partial charge is 0.151 e. The molecule has 0 saturated heterocycles. The zero-order valence-electron chi connectivity index (χ0n) is 8.16. The van der Waals surface area contributed by atoms with Gasteiger partial charge in [0.25, 0.3) is 0 Å². The fraction of sp³-hybridized carbons (Fsp3) is 0.300. The van der Waals surface area contributed by atoms with Gasteiger partial charge in [0.2, 0.25) is 0 Å². The van der Waals surface area contributed by atoms with Crippen LogP contribution in [0.4, 0.5) is 11.5 Å². The summed E-state index contributed by atoms with van der Waals surface area (Å²) in [6.45, 7) is 0.768. The Morgan fingerprint density at radius 3 is 3.13 bits per heavy atom. The van der Waals surface area contributed by atoms with Crippen LogP contribution in [-0.4, -0.2) is 23.0 Å². The average molecular weight is 242 g/mol. The molecule has 0 aromatic carbocycles. The number of halogens is 1. The highest BCUT2D eigenvalue weighted by Gasteiger charge is 2.00. The standard InChI is InChI=1S/C10H12ClN3S/c1-2-6-15-7-5-13-10-8(12)3-4-9(11)14-10/h1,3-4H,5-7,12H2,(H,13,14). The van der Waals surface area contributed by atoms with E-state index < -0.39 is 0 Å². The number of nitrogens with two attached hydrogens (primary N) is 1. The van der Waals surface area contributed by atoms with Crippen molar-refractivity contribution in [1.82, 2.24) is 4.98 Å². The Morgan fingerprint density at radius 2 is 2.40 bits per heavy atom. The van der Waals surface area contributed by atoms with E-state index in [0.717, 1.165) is 18.1 Å². The Labute approximate surface area is 98.8 Å². The van der Waals surface area contributed by atoms with Crippen molar-refractivity contribution in [3.63, 3.8) is 0 Å². The van der Waals surface area contributed by atoms with E-state index in [1.165, 1.54) is 0 Å². The number of nitrogens with zero attached hydrogens (tertiary/aromatic N) is 1. The Morgan fingerprint density at radius 1 is 1.60 bits per heavy atom. The highest BCUT2D eigenvalue weighted by molar-refractivity contribution is 7.99. The molecule has 3 N–H and O–H groups in total. The minimum Gasteiger partial charge on any atom is -0.396 e. The predicted octanol–water partition coefficient (Wildman–Crippen LogP) is 2.10.